The van der Waals surface area contributed by atoms with Crippen LogP contribution < -0.4 is 0 Å². The molecular weight excluding hydrogens is 274 g/mol. The van der Waals surface area contributed by atoms with Gasteiger partial charge >= 0.3 is 5.97 Å². The standard InChI is InChI=1S/C15H23NO3S/c1-4-7-11(18-3)14-16-13-10(15(17)19-5-2)8-6-9-12(13)20-14/h10-11H,4-9H2,1-3H3. The van der Waals surface area contributed by atoms with Gasteiger partial charge < -0.3 is 9.47 Å². The molecule has 20 heavy (non-hydrogen) atoms. The van der Waals surface area contributed by atoms with Crippen molar-refractivity contribution in [1.82, 2.24) is 4.98 Å². The summed E-state index contributed by atoms with van der Waals surface area (Å²) in [5.74, 6) is -0.308. The highest BCUT2D eigenvalue weighted by atomic mass is 32.1. The number of aromatic nitrogens is 1. The second-order valence-electron chi connectivity index (χ2n) is 5.07. The van der Waals surface area contributed by atoms with Crippen molar-refractivity contribution in [3.05, 3.63) is 15.6 Å². The lowest BCUT2D eigenvalue weighted by Gasteiger charge is -2.19. The Morgan fingerprint density at radius 2 is 2.30 bits per heavy atom. The van der Waals surface area contributed by atoms with Crippen LogP contribution in [0.2, 0.25) is 0 Å². The van der Waals surface area contributed by atoms with Crippen LogP contribution in [-0.2, 0) is 20.7 Å². The predicted octanol–water partition coefficient (Wildman–Crippen LogP) is 3.61. The van der Waals surface area contributed by atoms with Crippen LogP contribution in [0.25, 0.3) is 0 Å². The van der Waals surface area contributed by atoms with Crippen molar-refractivity contribution in [3.63, 3.8) is 0 Å². The number of hydrogen-bond donors (Lipinski definition) is 0. The Kier molecular flexibility index (Phi) is 5.54. The van der Waals surface area contributed by atoms with E-state index < -0.39 is 0 Å². The number of rotatable bonds is 6. The van der Waals surface area contributed by atoms with Crippen LogP contribution in [0.4, 0.5) is 0 Å². The summed E-state index contributed by atoms with van der Waals surface area (Å²) in [6.45, 7) is 4.41. The summed E-state index contributed by atoms with van der Waals surface area (Å²) < 4.78 is 10.7. The number of ether oxygens (including phenoxy) is 2. The van der Waals surface area contributed by atoms with Gasteiger partial charge in [-0.25, -0.2) is 4.98 Å². The summed E-state index contributed by atoms with van der Waals surface area (Å²) in [7, 11) is 1.73. The van der Waals surface area contributed by atoms with Gasteiger partial charge in [-0.3, -0.25) is 4.79 Å². The molecule has 0 aromatic carbocycles. The molecule has 0 saturated heterocycles. The van der Waals surface area contributed by atoms with Gasteiger partial charge in [-0.1, -0.05) is 13.3 Å². The molecule has 0 N–H and O–H groups in total. The molecule has 1 aliphatic carbocycles. The molecule has 0 fully saturated rings. The van der Waals surface area contributed by atoms with Gasteiger partial charge in [-0.05, 0) is 32.6 Å². The molecule has 2 rings (SSSR count). The van der Waals surface area contributed by atoms with E-state index in [0.717, 1.165) is 42.8 Å². The van der Waals surface area contributed by atoms with Crippen molar-refractivity contribution in [2.45, 2.75) is 58.0 Å². The van der Waals surface area contributed by atoms with E-state index in [2.05, 4.69) is 6.92 Å². The van der Waals surface area contributed by atoms with Crippen LogP contribution in [0.1, 0.15) is 67.1 Å². The molecule has 5 heteroatoms. The second kappa shape index (κ2) is 7.18. The van der Waals surface area contributed by atoms with E-state index in [9.17, 15) is 4.79 Å². The summed E-state index contributed by atoms with van der Waals surface area (Å²) in [5, 5.41) is 1.01. The van der Waals surface area contributed by atoms with Gasteiger partial charge in [0.25, 0.3) is 0 Å². The zero-order valence-corrected chi connectivity index (χ0v) is 13.3. The highest BCUT2D eigenvalue weighted by Gasteiger charge is 2.32. The van der Waals surface area contributed by atoms with E-state index >= 15 is 0 Å². The molecule has 0 radical (unpaired) electrons. The fourth-order valence-electron chi connectivity index (χ4n) is 2.65. The minimum absolute atomic E-state index is 0.0541. The maximum absolute atomic E-state index is 12.0. The molecule has 0 bridgehead atoms. The third-order valence-corrected chi connectivity index (χ3v) is 4.88. The van der Waals surface area contributed by atoms with Crippen molar-refractivity contribution >= 4 is 17.3 Å². The van der Waals surface area contributed by atoms with E-state index in [-0.39, 0.29) is 18.0 Å². The number of thiazole rings is 1. The summed E-state index contributed by atoms with van der Waals surface area (Å²) >= 11 is 1.70. The van der Waals surface area contributed by atoms with Crippen LogP contribution in [0.15, 0.2) is 0 Å². The molecule has 1 aromatic heterocycles. The van der Waals surface area contributed by atoms with Gasteiger partial charge in [0.2, 0.25) is 0 Å². The molecule has 0 saturated carbocycles. The van der Waals surface area contributed by atoms with Gasteiger partial charge in [-0.15, -0.1) is 11.3 Å². The van der Waals surface area contributed by atoms with Crippen LogP contribution in [0.5, 0.6) is 0 Å². The van der Waals surface area contributed by atoms with Crippen LogP contribution in [0, 0.1) is 0 Å². The van der Waals surface area contributed by atoms with Crippen molar-refractivity contribution in [2.24, 2.45) is 0 Å². The fraction of sp³-hybridized carbons (Fsp3) is 0.733. The number of carbonyl (C=O) groups excluding carboxylic acids is 1. The molecule has 4 nitrogen and oxygen atoms in total. The zero-order valence-electron chi connectivity index (χ0n) is 12.5. The van der Waals surface area contributed by atoms with E-state index in [0.29, 0.717) is 6.61 Å². The molecule has 1 heterocycles. The molecule has 2 unspecified atom stereocenters. The predicted molar refractivity (Wildman–Crippen MR) is 79.1 cm³/mol. The number of aryl methyl sites for hydroxylation is 1. The number of esters is 1. The first-order valence-corrected chi connectivity index (χ1v) is 8.21. The van der Waals surface area contributed by atoms with Crippen LogP contribution in [-0.4, -0.2) is 24.7 Å². The lowest BCUT2D eigenvalue weighted by molar-refractivity contribution is -0.145. The number of methoxy groups -OCH3 is 1. The molecule has 0 aliphatic heterocycles. The average Bonchev–Trinajstić information content (AvgIpc) is 2.88. The first-order chi connectivity index (χ1) is 9.71. The molecular formula is C15H23NO3S. The Morgan fingerprint density at radius 1 is 1.50 bits per heavy atom. The van der Waals surface area contributed by atoms with Gasteiger partial charge in [0.05, 0.1) is 12.3 Å². The van der Waals surface area contributed by atoms with Crippen LogP contribution in [0.3, 0.4) is 0 Å². The molecule has 112 valence electrons. The molecule has 0 amide bonds. The summed E-state index contributed by atoms with van der Waals surface area (Å²) in [6, 6.07) is 0. The summed E-state index contributed by atoms with van der Waals surface area (Å²) in [4.78, 5) is 18.0. The van der Waals surface area contributed by atoms with Crippen LogP contribution >= 0.6 is 11.3 Å². The van der Waals surface area contributed by atoms with Crippen molar-refractivity contribution in [2.75, 3.05) is 13.7 Å². The Morgan fingerprint density at radius 3 is 2.95 bits per heavy atom. The monoisotopic (exact) mass is 297 g/mol. The number of fused-ring (bicyclic) bond motifs is 1. The first kappa shape index (κ1) is 15.4. The maximum atomic E-state index is 12.0. The Hall–Kier alpha value is -0.940. The van der Waals surface area contributed by atoms with Gasteiger partial charge in [0.1, 0.15) is 17.0 Å². The maximum Gasteiger partial charge on any atom is 0.315 e. The third kappa shape index (κ3) is 3.20. The SMILES string of the molecule is CCCC(OC)c1nc2c(s1)CCCC2C(=O)OCC. The number of nitrogens with zero attached hydrogens (tertiary/aromatic N) is 1. The van der Waals surface area contributed by atoms with E-state index in [4.69, 9.17) is 14.5 Å². The lowest BCUT2D eigenvalue weighted by Crippen LogP contribution is -2.20. The molecule has 1 aromatic rings. The fourth-order valence-corrected chi connectivity index (χ4v) is 3.93. The quantitative estimate of drug-likeness (QED) is 0.753. The Balaban J connectivity index is 2.23. The largest absolute Gasteiger partial charge is 0.465 e. The number of carbonyl (C=O) groups is 1. The highest BCUT2D eigenvalue weighted by molar-refractivity contribution is 7.11. The first-order valence-electron chi connectivity index (χ1n) is 7.40. The lowest BCUT2D eigenvalue weighted by atomic mass is 9.91. The average molecular weight is 297 g/mol. The van der Waals surface area contributed by atoms with Crippen molar-refractivity contribution in [3.8, 4) is 0 Å². The van der Waals surface area contributed by atoms with Gasteiger partial charge in [0, 0.05) is 12.0 Å². The summed E-state index contributed by atoms with van der Waals surface area (Å²) in [5.41, 5.74) is 0.938. The molecule has 1 aliphatic rings. The second-order valence-corrected chi connectivity index (χ2v) is 6.19. The van der Waals surface area contributed by atoms with E-state index in [1.54, 1.807) is 18.4 Å². The number of hydrogen-bond acceptors (Lipinski definition) is 5. The normalized spacial score (nSPS) is 19.4. The van der Waals surface area contributed by atoms with Gasteiger partial charge in [-0.2, -0.15) is 0 Å². The Labute approximate surface area is 124 Å². The minimum Gasteiger partial charge on any atom is -0.465 e. The zero-order chi connectivity index (χ0) is 14.5. The molecule has 0 spiro atoms. The minimum atomic E-state index is -0.178. The van der Waals surface area contributed by atoms with E-state index in [1.807, 2.05) is 6.92 Å². The highest BCUT2D eigenvalue weighted by Crippen LogP contribution is 2.38. The smallest absolute Gasteiger partial charge is 0.315 e. The summed E-state index contributed by atoms with van der Waals surface area (Å²) in [6.07, 6.45) is 4.98. The topological polar surface area (TPSA) is 48.4 Å². The van der Waals surface area contributed by atoms with E-state index in [1.165, 1.54) is 4.88 Å². The van der Waals surface area contributed by atoms with Crippen molar-refractivity contribution in [1.29, 1.82) is 0 Å². The van der Waals surface area contributed by atoms with Gasteiger partial charge in [0.15, 0.2) is 0 Å². The Bertz CT molecular complexity index is 458. The molecule has 2 atom stereocenters. The van der Waals surface area contributed by atoms with Crippen molar-refractivity contribution < 1.29 is 14.3 Å². The third-order valence-electron chi connectivity index (χ3n) is 3.65.